The topological polar surface area (TPSA) is 0 Å². The number of hydrogen-bond donors (Lipinski definition) is 0. The summed E-state index contributed by atoms with van der Waals surface area (Å²) in [5.74, 6) is -0.344. The van der Waals surface area contributed by atoms with Gasteiger partial charge in [-0.1, -0.05) is 23.7 Å². The molecule has 0 saturated heterocycles. The second kappa shape index (κ2) is 6.73. The molecule has 98 valence electrons. The molecule has 0 heterocycles. The summed E-state index contributed by atoms with van der Waals surface area (Å²) in [6.45, 7) is 0. The van der Waals surface area contributed by atoms with Gasteiger partial charge in [0.25, 0.3) is 0 Å². The van der Waals surface area contributed by atoms with Crippen LogP contribution in [0.5, 0.6) is 0 Å². The molecule has 0 nitrogen and oxygen atoms in total. The fraction of sp³-hybridized carbons (Fsp3) is 0.0667. The number of thioether (sulfide) groups is 1. The quantitative estimate of drug-likeness (QED) is 0.715. The van der Waals surface area contributed by atoms with E-state index in [0.717, 1.165) is 17.4 Å². The lowest BCUT2D eigenvalue weighted by atomic mass is 10.2. The van der Waals surface area contributed by atoms with Crippen molar-refractivity contribution in [2.45, 2.75) is 5.75 Å². The van der Waals surface area contributed by atoms with Gasteiger partial charge in [0.15, 0.2) is 0 Å². The summed E-state index contributed by atoms with van der Waals surface area (Å²) in [5.41, 5.74) is 1.52. The molecule has 4 heteroatoms. The Morgan fingerprint density at radius 2 is 1.79 bits per heavy atom. The van der Waals surface area contributed by atoms with Crippen LogP contribution in [0, 0.1) is 11.6 Å². The van der Waals surface area contributed by atoms with Crippen molar-refractivity contribution in [3.63, 3.8) is 0 Å². The lowest BCUT2D eigenvalue weighted by Gasteiger charge is -1.99. The highest BCUT2D eigenvalue weighted by molar-refractivity contribution is 8.01. The number of halogens is 3. The van der Waals surface area contributed by atoms with Crippen molar-refractivity contribution >= 4 is 29.4 Å². The third kappa shape index (κ3) is 4.37. The van der Waals surface area contributed by atoms with E-state index < -0.39 is 11.6 Å². The fourth-order valence-corrected chi connectivity index (χ4v) is 2.33. The first-order chi connectivity index (χ1) is 9.15. The Morgan fingerprint density at radius 1 is 1.05 bits per heavy atom. The Labute approximate surface area is 120 Å². The summed E-state index contributed by atoms with van der Waals surface area (Å²) in [7, 11) is 0. The first kappa shape index (κ1) is 14.1. The second-order valence-corrected chi connectivity index (χ2v) is 5.24. The molecule has 0 aromatic heterocycles. The standard InChI is InChI=1S/C15H11ClF2S/c16-13-4-1-11(2-5-13)10-19-8-7-12-3-6-14(17)9-15(12)18/h1-9H,10H2/b8-7-. The highest BCUT2D eigenvalue weighted by Crippen LogP contribution is 2.18. The normalized spacial score (nSPS) is 11.1. The van der Waals surface area contributed by atoms with Crippen LogP contribution in [-0.2, 0) is 5.75 Å². The number of rotatable bonds is 4. The van der Waals surface area contributed by atoms with Crippen molar-refractivity contribution in [2.24, 2.45) is 0 Å². The van der Waals surface area contributed by atoms with Crippen molar-refractivity contribution in [3.05, 3.63) is 75.7 Å². The Balaban J connectivity index is 1.91. The predicted octanol–water partition coefficient (Wildman–Crippen LogP) is 5.52. The number of hydrogen-bond acceptors (Lipinski definition) is 1. The minimum absolute atomic E-state index is 0.380. The van der Waals surface area contributed by atoms with E-state index in [1.807, 2.05) is 24.3 Å². The van der Waals surface area contributed by atoms with Gasteiger partial charge in [-0.3, -0.25) is 0 Å². The highest BCUT2D eigenvalue weighted by Gasteiger charge is 1.99. The molecular weight excluding hydrogens is 286 g/mol. The Bertz CT molecular complexity index is 579. The first-order valence-electron chi connectivity index (χ1n) is 5.63. The van der Waals surface area contributed by atoms with E-state index >= 15 is 0 Å². The average molecular weight is 297 g/mol. The summed E-state index contributed by atoms with van der Waals surface area (Å²) >= 11 is 7.33. The van der Waals surface area contributed by atoms with E-state index in [1.54, 1.807) is 11.5 Å². The van der Waals surface area contributed by atoms with E-state index in [0.29, 0.717) is 10.6 Å². The summed E-state index contributed by atoms with van der Waals surface area (Å²) in [5, 5.41) is 2.50. The van der Waals surface area contributed by atoms with Gasteiger partial charge in [0.1, 0.15) is 11.6 Å². The summed E-state index contributed by atoms with van der Waals surface area (Å²) in [4.78, 5) is 0. The van der Waals surface area contributed by atoms with Crippen molar-refractivity contribution in [3.8, 4) is 0 Å². The van der Waals surface area contributed by atoms with Crippen molar-refractivity contribution < 1.29 is 8.78 Å². The Morgan fingerprint density at radius 3 is 2.47 bits per heavy atom. The predicted molar refractivity (Wildman–Crippen MR) is 78.1 cm³/mol. The Kier molecular flexibility index (Phi) is 5.00. The molecule has 0 unspecified atom stereocenters. The molecule has 0 radical (unpaired) electrons. The lowest BCUT2D eigenvalue weighted by Crippen LogP contribution is -1.83. The van der Waals surface area contributed by atoms with Gasteiger partial charge in [-0.25, -0.2) is 8.78 Å². The van der Waals surface area contributed by atoms with E-state index in [9.17, 15) is 8.78 Å². The smallest absolute Gasteiger partial charge is 0.133 e. The minimum Gasteiger partial charge on any atom is -0.207 e. The van der Waals surface area contributed by atoms with Gasteiger partial charge in [0.05, 0.1) is 0 Å². The number of benzene rings is 2. The summed E-state index contributed by atoms with van der Waals surface area (Å²) in [6.07, 6.45) is 1.63. The first-order valence-corrected chi connectivity index (χ1v) is 7.05. The van der Waals surface area contributed by atoms with E-state index in [-0.39, 0.29) is 0 Å². The van der Waals surface area contributed by atoms with Gasteiger partial charge >= 0.3 is 0 Å². The molecule has 0 fully saturated rings. The zero-order valence-electron chi connectivity index (χ0n) is 9.95. The van der Waals surface area contributed by atoms with Crippen LogP contribution >= 0.6 is 23.4 Å². The average Bonchev–Trinajstić information content (AvgIpc) is 2.39. The van der Waals surface area contributed by atoms with Gasteiger partial charge < -0.3 is 0 Å². The molecule has 0 aliphatic heterocycles. The van der Waals surface area contributed by atoms with Gasteiger partial charge in [0, 0.05) is 22.4 Å². The minimum atomic E-state index is -0.566. The van der Waals surface area contributed by atoms with Crippen molar-refractivity contribution in [1.82, 2.24) is 0 Å². The van der Waals surface area contributed by atoms with E-state index in [4.69, 9.17) is 11.6 Å². The zero-order valence-corrected chi connectivity index (χ0v) is 11.5. The molecular formula is C15H11ClF2S. The third-order valence-electron chi connectivity index (χ3n) is 2.47. The van der Waals surface area contributed by atoms with Crippen LogP contribution in [-0.4, -0.2) is 0 Å². The van der Waals surface area contributed by atoms with Gasteiger partial charge in [0.2, 0.25) is 0 Å². The van der Waals surface area contributed by atoms with Crippen LogP contribution in [0.4, 0.5) is 8.78 Å². The van der Waals surface area contributed by atoms with Crippen LogP contribution in [0.15, 0.2) is 47.9 Å². The van der Waals surface area contributed by atoms with Crippen LogP contribution in [0.2, 0.25) is 5.02 Å². The molecule has 2 aromatic carbocycles. The third-order valence-corrected chi connectivity index (χ3v) is 3.55. The highest BCUT2D eigenvalue weighted by atomic mass is 35.5. The van der Waals surface area contributed by atoms with Crippen molar-refractivity contribution in [2.75, 3.05) is 0 Å². The molecule has 0 saturated carbocycles. The molecule has 0 bridgehead atoms. The van der Waals surface area contributed by atoms with Crippen LogP contribution in [0.25, 0.3) is 6.08 Å². The Hall–Kier alpha value is -1.32. The second-order valence-electron chi connectivity index (χ2n) is 3.91. The van der Waals surface area contributed by atoms with Gasteiger partial charge in [-0.05, 0) is 41.3 Å². The van der Waals surface area contributed by atoms with E-state index in [1.165, 1.54) is 23.9 Å². The van der Waals surface area contributed by atoms with Crippen LogP contribution in [0.3, 0.4) is 0 Å². The molecule has 2 rings (SSSR count). The zero-order chi connectivity index (χ0) is 13.7. The monoisotopic (exact) mass is 296 g/mol. The van der Waals surface area contributed by atoms with Gasteiger partial charge in [-0.2, -0.15) is 0 Å². The lowest BCUT2D eigenvalue weighted by molar-refractivity contribution is 0.581. The SMILES string of the molecule is Fc1ccc(/C=C\SCc2ccc(Cl)cc2)c(F)c1. The molecule has 2 aromatic rings. The maximum atomic E-state index is 13.3. The molecule has 0 N–H and O–H groups in total. The van der Waals surface area contributed by atoms with E-state index in [2.05, 4.69) is 0 Å². The van der Waals surface area contributed by atoms with Crippen molar-refractivity contribution in [1.29, 1.82) is 0 Å². The molecule has 0 aliphatic carbocycles. The maximum Gasteiger partial charge on any atom is 0.133 e. The summed E-state index contributed by atoms with van der Waals surface area (Å²) in [6, 6.07) is 11.1. The van der Waals surface area contributed by atoms with Crippen LogP contribution < -0.4 is 0 Å². The van der Waals surface area contributed by atoms with Gasteiger partial charge in [-0.15, -0.1) is 11.8 Å². The molecule has 19 heavy (non-hydrogen) atoms. The fourth-order valence-electron chi connectivity index (χ4n) is 1.48. The molecule has 0 amide bonds. The maximum absolute atomic E-state index is 13.3. The summed E-state index contributed by atoms with van der Waals surface area (Å²) < 4.78 is 26.0. The molecule has 0 spiro atoms. The molecule has 0 atom stereocenters. The largest absolute Gasteiger partial charge is 0.207 e. The van der Waals surface area contributed by atoms with Crippen LogP contribution in [0.1, 0.15) is 11.1 Å². The molecule has 0 aliphatic rings.